The van der Waals surface area contributed by atoms with E-state index in [0.717, 1.165) is 23.1 Å². The smallest absolute Gasteiger partial charge is 0.325 e. The first kappa shape index (κ1) is 15.8. The molecular weight excluding hydrogens is 342 g/mol. The molecule has 6 nitrogen and oxygen atoms in total. The van der Waals surface area contributed by atoms with Crippen LogP contribution >= 0.6 is 0 Å². The average Bonchev–Trinajstić information content (AvgIpc) is 3.38. The molecule has 1 aliphatic heterocycles. The quantitative estimate of drug-likeness (QED) is 0.729. The Morgan fingerprint density at radius 3 is 2.70 bits per heavy atom. The lowest BCUT2D eigenvalue weighted by Gasteiger charge is -2.22. The van der Waals surface area contributed by atoms with Crippen LogP contribution in [0.2, 0.25) is 0 Å². The van der Waals surface area contributed by atoms with E-state index in [2.05, 4.69) is 10.5 Å². The predicted octanol–water partition coefficient (Wildman–Crippen LogP) is 3.24. The second-order valence-corrected chi connectivity index (χ2v) is 6.93. The monoisotopic (exact) mass is 359 g/mol. The van der Waals surface area contributed by atoms with Crippen molar-refractivity contribution in [2.45, 2.75) is 24.9 Å². The molecule has 0 saturated carbocycles. The van der Waals surface area contributed by atoms with Crippen molar-refractivity contribution in [1.29, 1.82) is 0 Å². The van der Waals surface area contributed by atoms with E-state index in [4.69, 9.17) is 4.52 Å². The fraction of sp³-hybridized carbons (Fsp3) is 0.190. The molecule has 1 saturated heterocycles. The summed E-state index contributed by atoms with van der Waals surface area (Å²) in [6.07, 6.45) is 1.36. The van der Waals surface area contributed by atoms with Gasteiger partial charge in [0.25, 0.3) is 5.91 Å². The number of nitrogens with zero attached hydrogens (tertiary/aromatic N) is 2. The van der Waals surface area contributed by atoms with Crippen molar-refractivity contribution in [2.75, 3.05) is 0 Å². The van der Waals surface area contributed by atoms with Gasteiger partial charge in [0, 0.05) is 11.6 Å². The number of hydrogen-bond acceptors (Lipinski definition) is 4. The van der Waals surface area contributed by atoms with Crippen LogP contribution in [0.3, 0.4) is 0 Å². The Hall–Kier alpha value is -3.41. The zero-order valence-corrected chi connectivity index (χ0v) is 14.5. The summed E-state index contributed by atoms with van der Waals surface area (Å²) in [5, 5.41) is 6.98. The molecule has 27 heavy (non-hydrogen) atoms. The number of imide groups is 1. The number of nitrogens with one attached hydrogen (secondary N) is 1. The number of benzene rings is 2. The highest BCUT2D eigenvalue weighted by Gasteiger charge is 2.55. The van der Waals surface area contributed by atoms with Gasteiger partial charge in [-0.1, -0.05) is 59.8 Å². The largest absolute Gasteiger partial charge is 0.359 e. The lowest BCUT2D eigenvalue weighted by molar-refractivity contribution is -0.132. The molecule has 3 amide bonds. The van der Waals surface area contributed by atoms with Crippen LogP contribution in [-0.2, 0) is 23.3 Å². The van der Waals surface area contributed by atoms with Crippen molar-refractivity contribution in [3.05, 3.63) is 77.6 Å². The molecule has 3 aromatic rings. The lowest BCUT2D eigenvalue weighted by Crippen LogP contribution is -2.41. The fourth-order valence-electron chi connectivity index (χ4n) is 4.02. The standard InChI is InChI=1S/C21H17N3O3/c25-19-21(11-10-14-6-4-5-9-17(14)21)22-20(26)24(19)13-16-12-18(23-27-16)15-7-2-1-3-8-15/h1-9,12H,10-11,13H2,(H,22,26)/t21-/m0/s1. The third-order valence-electron chi connectivity index (χ3n) is 5.36. The summed E-state index contributed by atoms with van der Waals surface area (Å²) in [4.78, 5) is 27.0. The molecule has 1 spiro atoms. The van der Waals surface area contributed by atoms with Crippen LogP contribution in [0.4, 0.5) is 4.79 Å². The number of aryl methyl sites for hydroxylation is 1. The minimum Gasteiger partial charge on any atom is -0.359 e. The molecule has 2 aliphatic rings. The van der Waals surface area contributed by atoms with Gasteiger partial charge in [-0.25, -0.2) is 4.79 Å². The zero-order chi connectivity index (χ0) is 18.4. The van der Waals surface area contributed by atoms with E-state index in [1.54, 1.807) is 6.07 Å². The maximum Gasteiger partial charge on any atom is 0.325 e. The van der Waals surface area contributed by atoms with Gasteiger partial charge in [0.1, 0.15) is 11.2 Å². The van der Waals surface area contributed by atoms with Crippen molar-refractivity contribution < 1.29 is 14.1 Å². The van der Waals surface area contributed by atoms with Gasteiger partial charge in [0.05, 0.1) is 6.54 Å². The summed E-state index contributed by atoms with van der Waals surface area (Å²) in [5.74, 6) is 0.246. The minimum absolute atomic E-state index is 0.0639. The van der Waals surface area contributed by atoms with E-state index in [1.807, 2.05) is 54.6 Å². The number of rotatable bonds is 3. The summed E-state index contributed by atoms with van der Waals surface area (Å²) < 4.78 is 5.37. The normalized spacial score (nSPS) is 21.0. The van der Waals surface area contributed by atoms with E-state index >= 15 is 0 Å². The highest BCUT2D eigenvalue weighted by Crippen LogP contribution is 2.41. The van der Waals surface area contributed by atoms with Gasteiger partial charge in [0.2, 0.25) is 0 Å². The Kier molecular flexibility index (Phi) is 3.40. The topological polar surface area (TPSA) is 75.4 Å². The number of amides is 3. The number of hydrogen-bond donors (Lipinski definition) is 1. The number of urea groups is 1. The number of carbonyl (C=O) groups excluding carboxylic acids is 2. The van der Waals surface area contributed by atoms with Gasteiger partial charge in [-0.15, -0.1) is 0 Å². The van der Waals surface area contributed by atoms with Gasteiger partial charge < -0.3 is 9.84 Å². The fourth-order valence-corrected chi connectivity index (χ4v) is 4.02. The van der Waals surface area contributed by atoms with Crippen LogP contribution in [0.25, 0.3) is 11.3 Å². The molecule has 2 aromatic carbocycles. The molecule has 6 heteroatoms. The van der Waals surface area contributed by atoms with E-state index in [0.29, 0.717) is 17.9 Å². The third kappa shape index (κ3) is 2.37. The Morgan fingerprint density at radius 2 is 1.85 bits per heavy atom. The van der Waals surface area contributed by atoms with Crippen molar-refractivity contribution >= 4 is 11.9 Å². The third-order valence-corrected chi connectivity index (χ3v) is 5.36. The van der Waals surface area contributed by atoms with Crippen molar-refractivity contribution in [2.24, 2.45) is 0 Å². The number of aromatic nitrogens is 1. The summed E-state index contributed by atoms with van der Waals surface area (Å²) >= 11 is 0. The average molecular weight is 359 g/mol. The summed E-state index contributed by atoms with van der Waals surface area (Å²) in [6.45, 7) is 0.0639. The van der Waals surface area contributed by atoms with Gasteiger partial charge >= 0.3 is 6.03 Å². The molecule has 0 unspecified atom stereocenters. The summed E-state index contributed by atoms with van der Waals surface area (Å²) in [7, 11) is 0. The molecule has 0 radical (unpaired) electrons. The minimum atomic E-state index is -0.948. The Labute approximate surface area is 155 Å². The molecule has 0 bridgehead atoms. The van der Waals surface area contributed by atoms with E-state index in [-0.39, 0.29) is 12.5 Å². The van der Waals surface area contributed by atoms with Gasteiger partial charge in [0.15, 0.2) is 5.76 Å². The van der Waals surface area contributed by atoms with Crippen LogP contribution in [0.15, 0.2) is 65.2 Å². The molecule has 2 heterocycles. The van der Waals surface area contributed by atoms with Crippen LogP contribution < -0.4 is 5.32 Å². The van der Waals surface area contributed by atoms with E-state index in [9.17, 15) is 9.59 Å². The molecule has 5 rings (SSSR count). The molecule has 1 fully saturated rings. The van der Waals surface area contributed by atoms with Crippen molar-refractivity contribution in [3.63, 3.8) is 0 Å². The second-order valence-electron chi connectivity index (χ2n) is 6.93. The number of carbonyl (C=O) groups is 2. The highest BCUT2D eigenvalue weighted by molar-refractivity contribution is 6.08. The SMILES string of the molecule is O=C1N[C@]2(CCc3ccccc32)C(=O)N1Cc1cc(-c2ccccc2)no1. The summed E-state index contributed by atoms with van der Waals surface area (Å²) in [6, 6.07) is 18.8. The van der Waals surface area contributed by atoms with Crippen LogP contribution in [0, 0.1) is 0 Å². The van der Waals surface area contributed by atoms with Gasteiger partial charge in [-0.2, -0.15) is 0 Å². The van der Waals surface area contributed by atoms with Gasteiger partial charge in [-0.3, -0.25) is 9.69 Å². The molecule has 1 aromatic heterocycles. The molecule has 1 aliphatic carbocycles. The Morgan fingerprint density at radius 1 is 1.07 bits per heavy atom. The Balaban J connectivity index is 1.42. The maximum atomic E-state index is 13.2. The second kappa shape index (κ2) is 5.81. The predicted molar refractivity (Wildman–Crippen MR) is 97.5 cm³/mol. The van der Waals surface area contributed by atoms with Crippen LogP contribution in [0.1, 0.15) is 23.3 Å². The first-order valence-corrected chi connectivity index (χ1v) is 8.91. The van der Waals surface area contributed by atoms with E-state index < -0.39 is 11.6 Å². The molecule has 1 atom stereocenters. The first-order valence-electron chi connectivity index (χ1n) is 8.91. The van der Waals surface area contributed by atoms with E-state index in [1.165, 1.54) is 4.90 Å². The van der Waals surface area contributed by atoms with Crippen molar-refractivity contribution in [3.8, 4) is 11.3 Å². The zero-order valence-electron chi connectivity index (χ0n) is 14.5. The summed E-state index contributed by atoms with van der Waals surface area (Å²) in [5.41, 5.74) is 2.66. The van der Waals surface area contributed by atoms with Crippen LogP contribution in [-0.4, -0.2) is 22.0 Å². The lowest BCUT2D eigenvalue weighted by atomic mass is 9.92. The van der Waals surface area contributed by atoms with Gasteiger partial charge in [-0.05, 0) is 24.0 Å². The Bertz CT molecular complexity index is 1040. The molecule has 134 valence electrons. The number of fused-ring (bicyclic) bond motifs is 2. The van der Waals surface area contributed by atoms with Crippen LogP contribution in [0.5, 0.6) is 0 Å². The van der Waals surface area contributed by atoms with Crippen molar-refractivity contribution in [1.82, 2.24) is 15.4 Å². The highest BCUT2D eigenvalue weighted by atomic mass is 16.5. The maximum absolute atomic E-state index is 13.2. The molecule has 1 N–H and O–H groups in total. The first-order chi connectivity index (χ1) is 13.2. The molecular formula is C21H17N3O3.